The van der Waals surface area contributed by atoms with Crippen molar-refractivity contribution >= 4 is 34.8 Å². The van der Waals surface area contributed by atoms with Gasteiger partial charge in [0.25, 0.3) is 0 Å². The van der Waals surface area contributed by atoms with Gasteiger partial charge in [0.2, 0.25) is 5.91 Å². The van der Waals surface area contributed by atoms with E-state index < -0.39 is 5.97 Å². The van der Waals surface area contributed by atoms with Crippen LogP contribution in [0.15, 0.2) is 12.1 Å². The minimum atomic E-state index is -0.413. The third-order valence-electron chi connectivity index (χ3n) is 4.79. The number of benzene rings is 1. The summed E-state index contributed by atoms with van der Waals surface area (Å²) in [6.45, 7) is 10.0. The van der Waals surface area contributed by atoms with Crippen molar-refractivity contribution in [2.75, 3.05) is 12.4 Å². The normalized spacial score (nSPS) is 11.7. The minimum Gasteiger partial charge on any atom is -0.469 e. The molecule has 30 heavy (non-hydrogen) atoms. The van der Waals surface area contributed by atoms with Crippen LogP contribution in [0.25, 0.3) is 17.0 Å². The second-order valence-electron chi connectivity index (χ2n) is 8.33. The average molecular weight is 432 g/mol. The molecule has 0 aliphatic carbocycles. The molecule has 1 aromatic carbocycles. The fourth-order valence-corrected chi connectivity index (χ4v) is 3.78. The van der Waals surface area contributed by atoms with Gasteiger partial charge in [0.05, 0.1) is 19.2 Å². The number of methoxy groups -OCH3 is 1. The van der Waals surface area contributed by atoms with Crippen molar-refractivity contribution in [1.29, 1.82) is 0 Å². The first-order valence-electron chi connectivity index (χ1n) is 9.64. The number of hydrogen-bond donors (Lipinski definition) is 2. The molecule has 2 N–H and O–H groups in total. The number of hydrogen-bond acceptors (Lipinski definition) is 5. The summed E-state index contributed by atoms with van der Waals surface area (Å²) in [5.41, 5.74) is 4.69. The fourth-order valence-electron chi connectivity index (χ4n) is 3.34. The first kappa shape index (κ1) is 21.8. The lowest BCUT2D eigenvalue weighted by Crippen LogP contribution is -2.14. The number of aromatic amines is 1. The molecule has 0 fully saturated rings. The maximum absolute atomic E-state index is 12.1. The second-order valence-corrected chi connectivity index (χ2v) is 8.71. The number of fused-ring (bicyclic) bond motifs is 1. The molecule has 0 radical (unpaired) electrons. The van der Waals surface area contributed by atoms with E-state index in [1.807, 2.05) is 46.8 Å². The number of aryl methyl sites for hydroxylation is 2. The topological polar surface area (TPSA) is 101 Å². The number of anilines is 1. The van der Waals surface area contributed by atoms with Crippen LogP contribution in [0.3, 0.4) is 0 Å². The lowest BCUT2D eigenvalue weighted by molar-refractivity contribution is -0.141. The Labute approximate surface area is 179 Å². The van der Waals surface area contributed by atoms with E-state index in [9.17, 15) is 9.59 Å². The molecule has 0 spiro atoms. The van der Waals surface area contributed by atoms with E-state index in [0.29, 0.717) is 22.2 Å². The second kappa shape index (κ2) is 8.10. The highest BCUT2D eigenvalue weighted by atomic mass is 35.5. The molecule has 1 amide bonds. The maximum atomic E-state index is 12.1. The van der Waals surface area contributed by atoms with Gasteiger partial charge < -0.3 is 15.0 Å². The van der Waals surface area contributed by atoms with Gasteiger partial charge in [-0.25, -0.2) is 0 Å². The standard InChI is InChI=1S/C21H26ClN5O3/c1-11-9-13(23-14(28)7-8-15(29)30-6)10-12(2)16(11)19-24-20-17(22)18(21(3,4)5)25-27(20)26-19/h9-10H,7-8H2,1-6H3,(H,23,28)(H,24,26). The van der Waals surface area contributed by atoms with Crippen LogP contribution in [0, 0.1) is 13.8 Å². The molecule has 8 nitrogen and oxygen atoms in total. The molecule has 0 bridgehead atoms. The van der Waals surface area contributed by atoms with E-state index in [1.54, 1.807) is 0 Å². The van der Waals surface area contributed by atoms with E-state index in [-0.39, 0.29) is 24.2 Å². The highest BCUT2D eigenvalue weighted by Crippen LogP contribution is 2.33. The number of rotatable bonds is 5. The van der Waals surface area contributed by atoms with Crippen LogP contribution >= 0.6 is 11.6 Å². The lowest BCUT2D eigenvalue weighted by Gasteiger charge is -2.15. The molecule has 160 valence electrons. The number of carbonyl (C=O) groups excluding carboxylic acids is 2. The van der Waals surface area contributed by atoms with Crippen molar-refractivity contribution in [3.05, 3.63) is 34.0 Å². The number of halogens is 1. The Kier molecular flexibility index (Phi) is 5.90. The summed E-state index contributed by atoms with van der Waals surface area (Å²) < 4.78 is 6.09. The Morgan fingerprint density at radius 3 is 2.33 bits per heavy atom. The predicted molar refractivity (Wildman–Crippen MR) is 116 cm³/mol. The van der Waals surface area contributed by atoms with Crippen molar-refractivity contribution < 1.29 is 14.3 Å². The van der Waals surface area contributed by atoms with Gasteiger partial charge in [0.1, 0.15) is 5.02 Å². The van der Waals surface area contributed by atoms with Crippen LogP contribution in [0.1, 0.15) is 50.4 Å². The summed E-state index contributed by atoms with van der Waals surface area (Å²) in [6, 6.07) is 3.73. The molecule has 9 heteroatoms. The first-order valence-corrected chi connectivity index (χ1v) is 10.0. The summed E-state index contributed by atoms with van der Waals surface area (Å²) >= 11 is 6.53. The summed E-state index contributed by atoms with van der Waals surface area (Å²) in [7, 11) is 1.30. The van der Waals surface area contributed by atoms with Crippen LogP contribution in [-0.2, 0) is 19.7 Å². The number of H-pyrrole nitrogens is 1. The molecule has 3 aromatic rings. The average Bonchev–Trinajstić information content (AvgIpc) is 3.18. The number of esters is 1. The van der Waals surface area contributed by atoms with Gasteiger partial charge in [-0.3, -0.25) is 9.59 Å². The van der Waals surface area contributed by atoms with Gasteiger partial charge in [0, 0.05) is 23.1 Å². The zero-order valence-corrected chi connectivity index (χ0v) is 18.8. The molecule has 0 unspecified atom stereocenters. The van der Waals surface area contributed by atoms with E-state index in [1.165, 1.54) is 11.7 Å². The van der Waals surface area contributed by atoms with Gasteiger partial charge in [-0.2, -0.15) is 5.10 Å². The lowest BCUT2D eigenvalue weighted by atomic mass is 9.92. The Morgan fingerprint density at radius 2 is 1.80 bits per heavy atom. The number of amides is 1. The van der Waals surface area contributed by atoms with E-state index in [4.69, 9.17) is 11.6 Å². The Morgan fingerprint density at radius 1 is 1.17 bits per heavy atom. The van der Waals surface area contributed by atoms with Crippen LogP contribution in [0.2, 0.25) is 5.02 Å². The number of ether oxygens (including phenoxy) is 1. The molecule has 0 aliphatic rings. The monoisotopic (exact) mass is 431 g/mol. The first-order chi connectivity index (χ1) is 14.0. The Balaban J connectivity index is 1.87. The summed E-state index contributed by atoms with van der Waals surface area (Å²) in [5.74, 6) is -0.00712. The van der Waals surface area contributed by atoms with Gasteiger partial charge in [-0.05, 0) is 37.1 Å². The highest BCUT2D eigenvalue weighted by molar-refractivity contribution is 6.34. The number of nitrogens with zero attached hydrogens (tertiary/aromatic N) is 3. The van der Waals surface area contributed by atoms with Gasteiger partial charge in [-0.15, -0.1) is 9.73 Å². The smallest absolute Gasteiger partial charge is 0.306 e. The van der Waals surface area contributed by atoms with Gasteiger partial charge in [0.15, 0.2) is 11.5 Å². The molecule has 2 heterocycles. The summed E-state index contributed by atoms with van der Waals surface area (Å²) in [4.78, 5) is 26.6. The molecular weight excluding hydrogens is 406 g/mol. The molecule has 0 aliphatic heterocycles. The number of carbonyl (C=O) groups is 2. The zero-order valence-electron chi connectivity index (χ0n) is 18.0. The largest absolute Gasteiger partial charge is 0.469 e. The fraction of sp³-hybridized carbons (Fsp3) is 0.429. The van der Waals surface area contributed by atoms with Crippen molar-refractivity contribution in [3.8, 4) is 11.4 Å². The Bertz CT molecular complexity index is 1100. The summed E-state index contributed by atoms with van der Waals surface area (Å²) in [5, 5.41) is 12.5. The minimum absolute atomic E-state index is 0.0435. The quantitative estimate of drug-likeness (QED) is 0.590. The molecule has 0 saturated heterocycles. The molecule has 0 saturated carbocycles. The zero-order chi connectivity index (χ0) is 22.2. The third-order valence-corrected chi connectivity index (χ3v) is 5.15. The molecule has 0 atom stereocenters. The van der Waals surface area contributed by atoms with Crippen LogP contribution in [0.5, 0.6) is 0 Å². The summed E-state index contributed by atoms with van der Waals surface area (Å²) in [6.07, 6.45) is 0.110. The predicted octanol–water partition coefficient (Wildman–Crippen LogP) is 4.18. The SMILES string of the molecule is COC(=O)CCC(=O)Nc1cc(C)c(-c2nn3nc(C(C)(C)C)c(Cl)c3[nH]2)c(C)c1. The molecule has 2 aromatic heterocycles. The van der Waals surface area contributed by atoms with Gasteiger partial charge >= 0.3 is 5.97 Å². The molecule has 3 rings (SSSR count). The number of nitrogens with one attached hydrogen (secondary N) is 2. The van der Waals surface area contributed by atoms with Crippen molar-refractivity contribution in [1.82, 2.24) is 19.8 Å². The third kappa shape index (κ3) is 4.33. The Hall–Kier alpha value is -2.87. The van der Waals surface area contributed by atoms with Crippen LogP contribution < -0.4 is 5.32 Å². The maximum Gasteiger partial charge on any atom is 0.306 e. The van der Waals surface area contributed by atoms with Crippen molar-refractivity contribution in [2.45, 2.75) is 52.9 Å². The van der Waals surface area contributed by atoms with E-state index >= 15 is 0 Å². The van der Waals surface area contributed by atoms with Crippen LogP contribution in [-0.4, -0.2) is 38.8 Å². The molecular formula is C21H26ClN5O3. The van der Waals surface area contributed by atoms with Crippen molar-refractivity contribution in [2.24, 2.45) is 0 Å². The van der Waals surface area contributed by atoms with E-state index in [2.05, 4.69) is 25.2 Å². The highest BCUT2D eigenvalue weighted by Gasteiger charge is 2.25. The number of aromatic nitrogens is 4. The van der Waals surface area contributed by atoms with Gasteiger partial charge in [-0.1, -0.05) is 32.4 Å². The van der Waals surface area contributed by atoms with Crippen molar-refractivity contribution in [3.63, 3.8) is 0 Å². The van der Waals surface area contributed by atoms with E-state index in [0.717, 1.165) is 22.4 Å². The van der Waals surface area contributed by atoms with Crippen LogP contribution in [0.4, 0.5) is 5.69 Å².